The number of phosphoric ester groups is 2. The van der Waals surface area contributed by atoms with Gasteiger partial charge in [0.2, 0.25) is 5.95 Å². The minimum atomic E-state index is -5.07. The molecule has 4 N–H and O–H groups in total. The van der Waals surface area contributed by atoms with Gasteiger partial charge in [0.25, 0.3) is 5.56 Å². The number of aromatic nitrogens is 4. The van der Waals surface area contributed by atoms with Crippen LogP contribution in [0.5, 0.6) is 0 Å². The second-order valence-corrected chi connectivity index (χ2v) is 11.4. The Kier molecular flexibility index (Phi) is 6.18. The number of hydrogen-bond acceptors (Lipinski definition) is 13. The van der Waals surface area contributed by atoms with Gasteiger partial charge in [0.1, 0.15) is 31.4 Å². The summed E-state index contributed by atoms with van der Waals surface area (Å²) in [5.74, 6) is -1.16. The van der Waals surface area contributed by atoms with Crippen LogP contribution in [0.3, 0.4) is 0 Å². The summed E-state index contributed by atoms with van der Waals surface area (Å²) in [5.41, 5.74) is 5.62. The predicted molar refractivity (Wildman–Crippen MR) is 113 cm³/mol. The third-order valence-corrected chi connectivity index (χ3v) is 8.03. The Labute approximate surface area is 196 Å². The molecule has 2 aromatic heterocycles. The van der Waals surface area contributed by atoms with Gasteiger partial charge in [0.15, 0.2) is 23.2 Å². The highest BCUT2D eigenvalue weighted by Crippen LogP contribution is 2.60. The molecule has 6 bridgehead atoms. The summed E-state index contributed by atoms with van der Waals surface area (Å²) in [7, 11) is -10.1. The molecular weight excluding hydrogens is 516 g/mol. The lowest BCUT2D eigenvalue weighted by Gasteiger charge is -2.25. The maximum atomic E-state index is 12.9. The van der Waals surface area contributed by atoms with Crippen molar-refractivity contribution in [1.29, 1.82) is 0 Å². The number of fused-ring (bicyclic) bond motifs is 11. The normalized spacial score (nSPS) is 37.9. The van der Waals surface area contributed by atoms with Crippen molar-refractivity contribution < 1.29 is 51.2 Å². The van der Waals surface area contributed by atoms with Gasteiger partial charge in [-0.3, -0.25) is 23.0 Å². The van der Waals surface area contributed by atoms with Crippen LogP contribution in [0.25, 0.3) is 11.2 Å². The maximum absolute atomic E-state index is 12.9. The highest BCUT2D eigenvalue weighted by molar-refractivity contribution is 7.61. The number of phosphoric acid groups is 2. The fraction of sp³-hybridized carbons (Fsp3) is 0.688. The minimum absolute atomic E-state index is 0.0582. The van der Waals surface area contributed by atoms with E-state index < -0.39 is 64.7 Å². The van der Waals surface area contributed by atoms with Crippen LogP contribution >= 0.6 is 15.6 Å². The number of ether oxygens (including phenoxy) is 4. The maximum Gasteiger partial charge on any atom is 0.481 e. The Morgan fingerprint density at radius 3 is 2.63 bits per heavy atom. The summed E-state index contributed by atoms with van der Waals surface area (Å²) in [4.78, 5) is 41.0. The van der Waals surface area contributed by atoms with Crippen LogP contribution in [-0.2, 0) is 48.2 Å². The first-order chi connectivity index (χ1) is 16.4. The van der Waals surface area contributed by atoms with E-state index in [4.69, 9.17) is 29.2 Å². The topological polar surface area (TPSA) is 218 Å². The van der Waals surface area contributed by atoms with Gasteiger partial charge >= 0.3 is 15.6 Å². The highest BCUT2D eigenvalue weighted by atomic mass is 31.3. The van der Waals surface area contributed by atoms with Gasteiger partial charge in [-0.2, -0.15) is 4.31 Å². The molecule has 0 aromatic carbocycles. The lowest BCUT2D eigenvalue weighted by Crippen LogP contribution is -2.32. The van der Waals surface area contributed by atoms with Crippen LogP contribution in [0.15, 0.2) is 11.1 Å². The molecule has 0 spiro atoms. The van der Waals surface area contributed by atoms with Crippen LogP contribution in [-0.4, -0.2) is 72.8 Å². The quantitative estimate of drug-likeness (QED) is 0.370. The summed E-state index contributed by atoms with van der Waals surface area (Å²) < 4.78 is 63.7. The molecule has 19 heteroatoms. The van der Waals surface area contributed by atoms with Gasteiger partial charge in [0, 0.05) is 0 Å². The third kappa shape index (κ3) is 4.82. The van der Waals surface area contributed by atoms with Crippen molar-refractivity contribution >= 4 is 32.8 Å². The molecule has 2 saturated heterocycles. The third-order valence-electron chi connectivity index (χ3n) is 5.40. The summed E-state index contributed by atoms with van der Waals surface area (Å²) in [6, 6.07) is 0. The number of anilines is 1. The number of rotatable bonds is 0. The molecule has 2 unspecified atom stereocenters. The number of imidazole rings is 1. The molecule has 35 heavy (non-hydrogen) atoms. The summed E-state index contributed by atoms with van der Waals surface area (Å²) >= 11 is 0. The monoisotopic (exact) mass is 539 g/mol. The lowest BCUT2D eigenvalue weighted by molar-refractivity contribution is -0.199. The molecular formula is C16H23N5O12P2. The number of nitrogens with zero attached hydrogens (tertiary/aromatic N) is 4. The SMILES string of the molecule is CC1(C)O[C@@H]2[C@H](O1)[C@H]1COP(=O)(O)OP(=O)(O)OCCOCn3cnc4c(nc(N)n4[C@@H]2O1)c3=O. The summed E-state index contributed by atoms with van der Waals surface area (Å²) in [6.07, 6.45) is -2.43. The fourth-order valence-electron chi connectivity index (χ4n) is 4.08. The minimum Gasteiger partial charge on any atom is -0.369 e. The van der Waals surface area contributed by atoms with E-state index in [0.29, 0.717) is 0 Å². The van der Waals surface area contributed by atoms with E-state index in [2.05, 4.69) is 18.8 Å². The van der Waals surface area contributed by atoms with Crippen LogP contribution in [0, 0.1) is 0 Å². The van der Waals surface area contributed by atoms with Gasteiger partial charge in [-0.1, -0.05) is 0 Å². The van der Waals surface area contributed by atoms with Crippen molar-refractivity contribution in [1.82, 2.24) is 19.1 Å². The van der Waals surface area contributed by atoms with Crippen LogP contribution in [0.1, 0.15) is 20.1 Å². The van der Waals surface area contributed by atoms with Crippen molar-refractivity contribution in [2.24, 2.45) is 0 Å². The van der Waals surface area contributed by atoms with Crippen LogP contribution in [0.4, 0.5) is 5.95 Å². The zero-order valence-corrected chi connectivity index (χ0v) is 20.2. The fourth-order valence-corrected chi connectivity index (χ4v) is 6.15. The van der Waals surface area contributed by atoms with E-state index in [1.54, 1.807) is 13.8 Å². The van der Waals surface area contributed by atoms with E-state index in [-0.39, 0.29) is 30.4 Å². The lowest BCUT2D eigenvalue weighted by atomic mass is 10.1. The van der Waals surface area contributed by atoms with E-state index >= 15 is 0 Å². The van der Waals surface area contributed by atoms with Crippen molar-refractivity contribution in [3.8, 4) is 0 Å². The summed E-state index contributed by atoms with van der Waals surface area (Å²) in [5, 5.41) is 0. The molecule has 6 rings (SSSR count). The van der Waals surface area contributed by atoms with Crippen LogP contribution in [0.2, 0.25) is 0 Å². The van der Waals surface area contributed by atoms with E-state index in [0.717, 1.165) is 4.57 Å². The number of nitrogens with two attached hydrogens (primary N) is 1. The molecule has 6 atom stereocenters. The second kappa shape index (κ2) is 8.68. The molecule has 2 fully saturated rings. The number of hydrogen-bond donors (Lipinski definition) is 3. The molecule has 0 aliphatic carbocycles. The molecule has 6 heterocycles. The van der Waals surface area contributed by atoms with Crippen molar-refractivity contribution in [2.75, 3.05) is 25.6 Å². The highest BCUT2D eigenvalue weighted by Gasteiger charge is 2.57. The predicted octanol–water partition coefficient (Wildman–Crippen LogP) is -0.169. The van der Waals surface area contributed by atoms with Gasteiger partial charge in [-0.25, -0.2) is 19.1 Å². The molecule has 194 valence electrons. The molecule has 4 aliphatic heterocycles. The Morgan fingerprint density at radius 2 is 1.86 bits per heavy atom. The van der Waals surface area contributed by atoms with E-state index in [1.807, 2.05) is 0 Å². The van der Waals surface area contributed by atoms with Gasteiger partial charge in [-0.15, -0.1) is 0 Å². The Morgan fingerprint density at radius 1 is 1.14 bits per heavy atom. The zero-order chi connectivity index (χ0) is 25.2. The first-order valence-corrected chi connectivity index (χ1v) is 13.3. The first kappa shape index (κ1) is 24.9. The van der Waals surface area contributed by atoms with Gasteiger partial charge in [0.05, 0.1) is 19.8 Å². The molecule has 0 radical (unpaired) electrons. The number of nitrogen functional groups attached to an aromatic ring is 1. The first-order valence-electron chi connectivity index (χ1n) is 10.3. The standard InChI is InChI=1S/C16H23N5O12P2/c1-16(2)31-10-8-5-29-35(25,26)33-34(23,24)28-4-3-27-7-20-6-18-12-9(13(20)22)19-15(17)21(12)14(30-8)11(10)32-16/h6,8,10-11,14H,3-5,7H2,1-2H3,(H2,17,19)(H,23,24)(H,25,26)/t8-,10-,11-,14-/m1/s1. The van der Waals surface area contributed by atoms with E-state index in [9.17, 15) is 23.7 Å². The smallest absolute Gasteiger partial charge is 0.369 e. The Hall–Kier alpha value is -1.75. The average Bonchev–Trinajstić information content (AvgIpc) is 3.34. The Bertz CT molecular complexity index is 1300. The van der Waals surface area contributed by atoms with Crippen molar-refractivity contribution in [3.63, 3.8) is 0 Å². The average molecular weight is 539 g/mol. The second-order valence-electron chi connectivity index (χ2n) is 8.35. The van der Waals surface area contributed by atoms with Crippen LogP contribution < -0.4 is 11.3 Å². The van der Waals surface area contributed by atoms with E-state index in [1.165, 1.54) is 10.9 Å². The molecule has 17 nitrogen and oxygen atoms in total. The molecule has 2 aromatic rings. The van der Waals surface area contributed by atoms with Crippen molar-refractivity contribution in [2.45, 2.75) is 50.9 Å². The summed E-state index contributed by atoms with van der Waals surface area (Å²) in [6.45, 7) is 1.65. The zero-order valence-electron chi connectivity index (χ0n) is 18.5. The van der Waals surface area contributed by atoms with Gasteiger partial charge < -0.3 is 34.5 Å². The molecule has 0 amide bonds. The molecule has 4 aliphatic rings. The van der Waals surface area contributed by atoms with Gasteiger partial charge in [-0.05, 0) is 13.8 Å². The Balaban J connectivity index is 1.56. The largest absolute Gasteiger partial charge is 0.481 e. The van der Waals surface area contributed by atoms with Crippen molar-refractivity contribution in [3.05, 3.63) is 16.7 Å². The molecule has 0 saturated carbocycles.